The zero-order valence-electron chi connectivity index (χ0n) is 10.2. The molecule has 0 spiro atoms. The Bertz CT molecular complexity index is 580. The van der Waals surface area contributed by atoms with Gasteiger partial charge < -0.3 is 15.1 Å². The third kappa shape index (κ3) is 2.17. The zero-order chi connectivity index (χ0) is 13.4. The zero-order valence-corrected chi connectivity index (χ0v) is 11.0. The van der Waals surface area contributed by atoms with Gasteiger partial charge in [0.05, 0.1) is 16.3 Å². The van der Waals surface area contributed by atoms with Crippen LogP contribution in [0.4, 0.5) is 4.79 Å². The number of carboxylic acid groups (broad SMARTS) is 1. The number of nitrogens with zero attached hydrogens (tertiary/aromatic N) is 2. The summed E-state index contributed by atoms with van der Waals surface area (Å²) in [5.41, 5.74) is 0.849. The molecule has 19 heavy (non-hydrogen) atoms. The lowest BCUT2D eigenvalue weighted by atomic mass is 10.1. The number of aromatic nitrogens is 1. The molecule has 0 saturated carbocycles. The van der Waals surface area contributed by atoms with Gasteiger partial charge in [-0.1, -0.05) is 12.1 Å². The number of rotatable bonds is 2. The summed E-state index contributed by atoms with van der Waals surface area (Å²) in [7, 11) is 0. The third-order valence-electron chi connectivity index (χ3n) is 3.47. The number of hydrogen-bond donors (Lipinski definition) is 2. The topological polar surface area (TPSA) is 73.7 Å². The molecule has 2 atom stereocenters. The van der Waals surface area contributed by atoms with Gasteiger partial charge in [-0.25, -0.2) is 9.78 Å². The molecule has 1 aromatic carbocycles. The van der Waals surface area contributed by atoms with E-state index in [2.05, 4.69) is 4.98 Å². The first-order valence-electron chi connectivity index (χ1n) is 6.20. The van der Waals surface area contributed by atoms with Crippen LogP contribution in [-0.4, -0.2) is 38.8 Å². The highest BCUT2D eigenvalue weighted by molar-refractivity contribution is 7.18. The summed E-state index contributed by atoms with van der Waals surface area (Å²) in [5, 5.41) is 20.1. The molecule has 5 nitrogen and oxygen atoms in total. The molecule has 1 aromatic heterocycles. The fourth-order valence-corrected chi connectivity index (χ4v) is 3.55. The van der Waals surface area contributed by atoms with Gasteiger partial charge in [0, 0.05) is 6.54 Å². The number of thiazole rings is 1. The summed E-state index contributed by atoms with van der Waals surface area (Å²) in [6, 6.07) is 7.30. The molecule has 1 amide bonds. The van der Waals surface area contributed by atoms with Crippen LogP contribution in [0.25, 0.3) is 10.2 Å². The van der Waals surface area contributed by atoms with Gasteiger partial charge in [-0.3, -0.25) is 0 Å². The molecule has 1 fully saturated rings. The van der Waals surface area contributed by atoms with Crippen LogP contribution in [-0.2, 0) is 0 Å². The minimum absolute atomic E-state index is 0.377. The van der Waals surface area contributed by atoms with Gasteiger partial charge in [-0.2, -0.15) is 0 Å². The standard InChI is InChI=1S/C13H14N2O3S/c16-11(9-5-3-7-15(9)13(17)18)12-14-8-4-1-2-6-10(8)19-12/h1-2,4,6,9,11,16H,3,5,7H2,(H,17,18). The van der Waals surface area contributed by atoms with Crippen molar-refractivity contribution in [2.45, 2.75) is 25.0 Å². The van der Waals surface area contributed by atoms with Crippen molar-refractivity contribution in [3.8, 4) is 0 Å². The Labute approximate surface area is 114 Å². The molecule has 0 bridgehead atoms. The molecule has 1 aliphatic rings. The Hall–Kier alpha value is -1.66. The Morgan fingerprint density at radius 3 is 3.00 bits per heavy atom. The molecular formula is C13H14N2O3S. The summed E-state index contributed by atoms with van der Waals surface area (Å²) in [6.07, 6.45) is -0.332. The summed E-state index contributed by atoms with van der Waals surface area (Å²) in [4.78, 5) is 16.8. The maximum absolute atomic E-state index is 11.1. The van der Waals surface area contributed by atoms with E-state index in [0.717, 1.165) is 16.6 Å². The van der Waals surface area contributed by atoms with Crippen LogP contribution < -0.4 is 0 Å². The van der Waals surface area contributed by atoms with E-state index in [1.54, 1.807) is 0 Å². The van der Waals surface area contributed by atoms with Crippen LogP contribution in [0.15, 0.2) is 24.3 Å². The van der Waals surface area contributed by atoms with Gasteiger partial charge >= 0.3 is 6.09 Å². The second-order valence-corrected chi connectivity index (χ2v) is 5.71. The summed E-state index contributed by atoms with van der Waals surface area (Å²) >= 11 is 1.43. The van der Waals surface area contributed by atoms with Crippen molar-refractivity contribution in [3.05, 3.63) is 29.3 Å². The molecule has 1 aliphatic heterocycles. The van der Waals surface area contributed by atoms with E-state index < -0.39 is 12.2 Å². The van der Waals surface area contributed by atoms with E-state index in [-0.39, 0.29) is 6.04 Å². The molecule has 2 heterocycles. The first kappa shape index (κ1) is 12.4. The highest BCUT2D eigenvalue weighted by Gasteiger charge is 2.36. The van der Waals surface area contributed by atoms with Gasteiger partial charge in [-0.05, 0) is 25.0 Å². The monoisotopic (exact) mass is 278 g/mol. The van der Waals surface area contributed by atoms with E-state index in [1.807, 2.05) is 24.3 Å². The van der Waals surface area contributed by atoms with E-state index in [4.69, 9.17) is 5.11 Å². The minimum Gasteiger partial charge on any atom is -0.465 e. The molecule has 3 rings (SSSR count). The van der Waals surface area contributed by atoms with Crippen LogP contribution in [0.1, 0.15) is 24.0 Å². The quantitative estimate of drug-likeness (QED) is 0.885. The van der Waals surface area contributed by atoms with Crippen LogP contribution >= 0.6 is 11.3 Å². The molecule has 0 radical (unpaired) electrons. The predicted molar refractivity (Wildman–Crippen MR) is 72.3 cm³/mol. The molecule has 2 aromatic rings. The van der Waals surface area contributed by atoms with Crippen LogP contribution in [0.3, 0.4) is 0 Å². The van der Waals surface area contributed by atoms with Gasteiger partial charge in [0.25, 0.3) is 0 Å². The average Bonchev–Trinajstić information content (AvgIpc) is 3.04. The maximum atomic E-state index is 11.1. The van der Waals surface area contributed by atoms with Crippen molar-refractivity contribution >= 4 is 27.6 Å². The smallest absolute Gasteiger partial charge is 0.407 e. The van der Waals surface area contributed by atoms with Crippen molar-refractivity contribution in [2.24, 2.45) is 0 Å². The fraction of sp³-hybridized carbons (Fsp3) is 0.385. The Kier molecular flexibility index (Phi) is 3.12. The summed E-state index contributed by atoms with van der Waals surface area (Å²) in [6.45, 7) is 0.488. The third-order valence-corrected chi connectivity index (χ3v) is 4.58. The molecule has 100 valence electrons. The van der Waals surface area contributed by atoms with Crippen LogP contribution in [0.5, 0.6) is 0 Å². The summed E-state index contributed by atoms with van der Waals surface area (Å²) < 4.78 is 1.01. The maximum Gasteiger partial charge on any atom is 0.407 e. The van der Waals surface area contributed by atoms with Gasteiger partial charge in [0.2, 0.25) is 0 Å². The average molecular weight is 278 g/mol. The number of benzene rings is 1. The predicted octanol–water partition coefficient (Wildman–Crippen LogP) is 2.47. The number of hydrogen-bond acceptors (Lipinski definition) is 4. The minimum atomic E-state index is -0.970. The number of aliphatic hydroxyl groups excluding tert-OH is 1. The fourth-order valence-electron chi connectivity index (χ4n) is 2.54. The number of para-hydroxylation sites is 1. The molecule has 1 saturated heterocycles. The van der Waals surface area contributed by atoms with Crippen molar-refractivity contribution in [1.82, 2.24) is 9.88 Å². The van der Waals surface area contributed by atoms with E-state index in [0.29, 0.717) is 18.0 Å². The number of likely N-dealkylation sites (tertiary alicyclic amines) is 1. The van der Waals surface area contributed by atoms with E-state index >= 15 is 0 Å². The molecule has 0 aliphatic carbocycles. The lowest BCUT2D eigenvalue weighted by Crippen LogP contribution is -2.38. The number of amides is 1. The lowest BCUT2D eigenvalue weighted by molar-refractivity contribution is 0.0677. The molecule has 2 unspecified atom stereocenters. The van der Waals surface area contributed by atoms with Crippen molar-refractivity contribution in [1.29, 1.82) is 0 Å². The molecule has 2 N–H and O–H groups in total. The first-order chi connectivity index (χ1) is 9.16. The number of carbonyl (C=O) groups is 1. The highest BCUT2D eigenvalue weighted by Crippen LogP contribution is 2.33. The van der Waals surface area contributed by atoms with Crippen molar-refractivity contribution in [3.63, 3.8) is 0 Å². The van der Waals surface area contributed by atoms with Crippen molar-refractivity contribution < 1.29 is 15.0 Å². The van der Waals surface area contributed by atoms with E-state index in [9.17, 15) is 9.90 Å². The normalized spacial score (nSPS) is 20.9. The number of aliphatic hydroxyl groups is 1. The molecular weight excluding hydrogens is 264 g/mol. The lowest BCUT2D eigenvalue weighted by Gasteiger charge is -2.24. The summed E-state index contributed by atoms with van der Waals surface area (Å²) in [5.74, 6) is 0. The Balaban J connectivity index is 1.90. The molecule has 6 heteroatoms. The van der Waals surface area contributed by atoms with E-state index in [1.165, 1.54) is 16.2 Å². The van der Waals surface area contributed by atoms with Crippen LogP contribution in [0.2, 0.25) is 0 Å². The Morgan fingerprint density at radius 1 is 1.47 bits per heavy atom. The van der Waals surface area contributed by atoms with Gasteiger partial charge in [-0.15, -0.1) is 11.3 Å². The van der Waals surface area contributed by atoms with Crippen molar-refractivity contribution in [2.75, 3.05) is 6.54 Å². The number of fused-ring (bicyclic) bond motifs is 1. The van der Waals surface area contributed by atoms with Crippen LogP contribution in [0, 0.1) is 0 Å². The SMILES string of the molecule is O=C(O)N1CCCC1C(O)c1nc2ccccc2s1. The second-order valence-electron chi connectivity index (χ2n) is 4.65. The largest absolute Gasteiger partial charge is 0.465 e. The van der Waals surface area contributed by atoms with Gasteiger partial charge in [0.15, 0.2) is 0 Å². The highest BCUT2D eigenvalue weighted by atomic mass is 32.1. The Morgan fingerprint density at radius 2 is 2.26 bits per heavy atom. The van der Waals surface area contributed by atoms with Gasteiger partial charge in [0.1, 0.15) is 11.1 Å². The first-order valence-corrected chi connectivity index (χ1v) is 7.01. The second kappa shape index (κ2) is 4.79.